The van der Waals surface area contributed by atoms with Crippen LogP contribution in [0.5, 0.6) is 5.75 Å². The third kappa shape index (κ3) is 3.46. The molecule has 1 saturated carbocycles. The van der Waals surface area contributed by atoms with E-state index in [1.165, 1.54) is 18.9 Å². The topological polar surface area (TPSA) is 86.4 Å². The lowest BCUT2D eigenvalue weighted by molar-refractivity contribution is -0.118. The minimum absolute atomic E-state index is 0.140. The second kappa shape index (κ2) is 7.03. The van der Waals surface area contributed by atoms with Gasteiger partial charge in [-0.05, 0) is 31.0 Å². The Morgan fingerprint density at radius 3 is 2.88 bits per heavy atom. The predicted molar refractivity (Wildman–Crippen MR) is 96.3 cm³/mol. The van der Waals surface area contributed by atoms with E-state index in [0.29, 0.717) is 23.2 Å². The van der Waals surface area contributed by atoms with Crippen LogP contribution in [-0.2, 0) is 4.79 Å². The molecule has 0 radical (unpaired) electrons. The molecule has 0 atom stereocenters. The summed E-state index contributed by atoms with van der Waals surface area (Å²) in [5.41, 5.74) is 0.00212. The number of benzene rings is 1. The summed E-state index contributed by atoms with van der Waals surface area (Å²) in [7, 11) is 0. The lowest BCUT2D eigenvalue weighted by atomic mass is 10.2. The van der Waals surface area contributed by atoms with Gasteiger partial charge in [-0.3, -0.25) is 4.79 Å². The van der Waals surface area contributed by atoms with Gasteiger partial charge in [0.05, 0.1) is 12.2 Å². The van der Waals surface area contributed by atoms with Crippen LogP contribution in [0.1, 0.15) is 31.7 Å². The standard InChI is InChI=1S/C19H19N3O4/c23-18(21-17-9-10-20-22(17)14-3-1-2-4-14)12-25-15-7-5-13-6-8-19(24)26-16(13)11-15/h5-11,14H,1-4,12H2,(H,21,23). The Labute approximate surface area is 149 Å². The van der Waals surface area contributed by atoms with Crippen LogP contribution < -0.4 is 15.7 Å². The molecule has 1 amide bonds. The van der Waals surface area contributed by atoms with Crippen molar-refractivity contribution in [2.75, 3.05) is 11.9 Å². The van der Waals surface area contributed by atoms with Crippen molar-refractivity contribution in [3.63, 3.8) is 0 Å². The number of fused-ring (bicyclic) bond motifs is 1. The molecule has 0 aliphatic heterocycles. The Morgan fingerprint density at radius 1 is 1.23 bits per heavy atom. The molecule has 0 bridgehead atoms. The highest BCUT2D eigenvalue weighted by Crippen LogP contribution is 2.31. The van der Waals surface area contributed by atoms with Crippen LogP contribution in [0.15, 0.2) is 51.8 Å². The van der Waals surface area contributed by atoms with E-state index in [0.717, 1.165) is 18.2 Å². The van der Waals surface area contributed by atoms with Crippen molar-refractivity contribution in [3.8, 4) is 5.75 Å². The Kier molecular flexibility index (Phi) is 4.43. The number of carbonyl (C=O) groups excluding carboxylic acids is 1. The molecule has 2 heterocycles. The van der Waals surface area contributed by atoms with Gasteiger partial charge in [0, 0.05) is 23.6 Å². The van der Waals surface area contributed by atoms with Crippen molar-refractivity contribution in [1.82, 2.24) is 9.78 Å². The highest BCUT2D eigenvalue weighted by atomic mass is 16.5. The number of nitrogens with zero attached hydrogens (tertiary/aromatic N) is 2. The first-order valence-electron chi connectivity index (χ1n) is 8.69. The summed E-state index contributed by atoms with van der Waals surface area (Å²) in [5.74, 6) is 0.890. The van der Waals surface area contributed by atoms with Crippen molar-refractivity contribution < 1.29 is 13.9 Å². The minimum Gasteiger partial charge on any atom is -0.484 e. The van der Waals surface area contributed by atoms with Crippen LogP contribution in [-0.4, -0.2) is 22.3 Å². The van der Waals surface area contributed by atoms with Crippen LogP contribution in [0.25, 0.3) is 11.0 Å². The van der Waals surface area contributed by atoms with Crippen LogP contribution >= 0.6 is 0 Å². The zero-order valence-electron chi connectivity index (χ0n) is 14.2. The fourth-order valence-corrected chi connectivity index (χ4v) is 3.31. The Morgan fingerprint density at radius 2 is 2.04 bits per heavy atom. The van der Waals surface area contributed by atoms with Crippen molar-refractivity contribution >= 4 is 22.7 Å². The number of rotatable bonds is 5. The van der Waals surface area contributed by atoms with Crippen molar-refractivity contribution in [2.24, 2.45) is 0 Å². The summed E-state index contributed by atoms with van der Waals surface area (Å²) < 4.78 is 12.5. The van der Waals surface area contributed by atoms with Crippen LogP contribution in [0.2, 0.25) is 0 Å². The number of carbonyl (C=O) groups is 1. The Balaban J connectivity index is 1.40. The average Bonchev–Trinajstić information content (AvgIpc) is 3.31. The molecule has 1 aromatic carbocycles. The van der Waals surface area contributed by atoms with Crippen LogP contribution in [0.3, 0.4) is 0 Å². The van der Waals surface area contributed by atoms with Gasteiger partial charge in [-0.1, -0.05) is 12.8 Å². The number of aromatic nitrogens is 2. The van der Waals surface area contributed by atoms with Gasteiger partial charge in [0.25, 0.3) is 5.91 Å². The van der Waals surface area contributed by atoms with E-state index in [4.69, 9.17) is 9.15 Å². The number of hydrogen-bond acceptors (Lipinski definition) is 5. The number of hydrogen-bond donors (Lipinski definition) is 1. The Hall–Kier alpha value is -3.09. The van der Waals surface area contributed by atoms with Crippen LogP contribution in [0, 0.1) is 0 Å². The molecular weight excluding hydrogens is 334 g/mol. The Bertz CT molecular complexity index is 986. The smallest absolute Gasteiger partial charge is 0.336 e. The first kappa shape index (κ1) is 16.4. The summed E-state index contributed by atoms with van der Waals surface area (Å²) in [4.78, 5) is 23.5. The molecule has 0 unspecified atom stereocenters. The molecule has 4 rings (SSSR count). The molecule has 7 nitrogen and oxygen atoms in total. The third-order valence-electron chi connectivity index (χ3n) is 4.57. The average molecular weight is 353 g/mol. The quantitative estimate of drug-likeness (QED) is 0.712. The normalized spacial score (nSPS) is 14.6. The lowest BCUT2D eigenvalue weighted by Crippen LogP contribution is -2.23. The summed E-state index contributed by atoms with van der Waals surface area (Å²) in [6, 6.07) is 10.3. The lowest BCUT2D eigenvalue weighted by Gasteiger charge is -2.14. The van der Waals surface area contributed by atoms with Gasteiger partial charge >= 0.3 is 5.63 Å². The molecule has 1 fully saturated rings. The number of nitrogens with one attached hydrogen (secondary N) is 1. The molecule has 1 aliphatic carbocycles. The SMILES string of the molecule is O=C(COc1ccc2ccc(=O)oc2c1)Nc1ccnn1C1CCCC1. The third-order valence-corrected chi connectivity index (χ3v) is 4.57. The first-order valence-corrected chi connectivity index (χ1v) is 8.69. The summed E-state index contributed by atoms with van der Waals surface area (Å²) in [6.45, 7) is -0.140. The molecule has 1 N–H and O–H groups in total. The first-order chi connectivity index (χ1) is 12.7. The maximum Gasteiger partial charge on any atom is 0.336 e. The fourth-order valence-electron chi connectivity index (χ4n) is 3.31. The molecule has 2 aromatic heterocycles. The van der Waals surface area contributed by atoms with E-state index >= 15 is 0 Å². The van der Waals surface area contributed by atoms with Gasteiger partial charge in [-0.25, -0.2) is 9.48 Å². The highest BCUT2D eigenvalue weighted by molar-refractivity contribution is 5.91. The van der Waals surface area contributed by atoms with E-state index in [1.54, 1.807) is 36.5 Å². The number of amides is 1. The van der Waals surface area contributed by atoms with Crippen LogP contribution in [0.4, 0.5) is 5.82 Å². The second-order valence-corrected chi connectivity index (χ2v) is 6.39. The number of ether oxygens (including phenoxy) is 1. The maximum absolute atomic E-state index is 12.2. The van der Waals surface area contributed by atoms with Crippen molar-refractivity contribution in [1.29, 1.82) is 0 Å². The van der Waals surface area contributed by atoms with Crippen molar-refractivity contribution in [2.45, 2.75) is 31.7 Å². The second-order valence-electron chi connectivity index (χ2n) is 6.39. The van der Waals surface area contributed by atoms with E-state index in [-0.39, 0.29) is 12.5 Å². The molecule has 0 saturated heterocycles. The molecule has 7 heteroatoms. The molecule has 0 spiro atoms. The highest BCUT2D eigenvalue weighted by Gasteiger charge is 2.20. The van der Waals surface area contributed by atoms with Gasteiger partial charge in [-0.15, -0.1) is 0 Å². The monoisotopic (exact) mass is 353 g/mol. The molecule has 134 valence electrons. The summed E-state index contributed by atoms with van der Waals surface area (Å²) >= 11 is 0. The van der Waals surface area contributed by atoms with Gasteiger partial charge in [0.1, 0.15) is 17.2 Å². The zero-order valence-corrected chi connectivity index (χ0v) is 14.2. The zero-order chi connectivity index (χ0) is 17.9. The molecule has 26 heavy (non-hydrogen) atoms. The largest absolute Gasteiger partial charge is 0.484 e. The molecule has 3 aromatic rings. The molecular formula is C19H19N3O4. The summed E-state index contributed by atoms with van der Waals surface area (Å²) in [6.07, 6.45) is 6.26. The predicted octanol–water partition coefficient (Wildman–Crippen LogP) is 3.12. The van der Waals surface area contributed by atoms with Gasteiger partial charge in [-0.2, -0.15) is 5.10 Å². The fraction of sp³-hybridized carbons (Fsp3) is 0.316. The molecule has 1 aliphatic rings. The number of anilines is 1. The van der Waals surface area contributed by atoms with Gasteiger partial charge in [0.2, 0.25) is 0 Å². The van der Waals surface area contributed by atoms with E-state index < -0.39 is 5.63 Å². The maximum atomic E-state index is 12.2. The van der Waals surface area contributed by atoms with Gasteiger partial charge < -0.3 is 14.5 Å². The summed E-state index contributed by atoms with van der Waals surface area (Å²) in [5, 5.41) is 7.97. The minimum atomic E-state index is -0.424. The van der Waals surface area contributed by atoms with Crippen molar-refractivity contribution in [3.05, 3.63) is 53.0 Å². The van der Waals surface area contributed by atoms with E-state index in [2.05, 4.69) is 10.4 Å². The van der Waals surface area contributed by atoms with Gasteiger partial charge in [0.15, 0.2) is 6.61 Å². The van der Waals surface area contributed by atoms with E-state index in [1.807, 2.05) is 4.68 Å². The van der Waals surface area contributed by atoms with E-state index in [9.17, 15) is 9.59 Å².